The van der Waals surface area contributed by atoms with Crippen molar-refractivity contribution in [3.8, 4) is 5.75 Å². The predicted octanol–water partition coefficient (Wildman–Crippen LogP) is 4.33. The van der Waals surface area contributed by atoms with E-state index in [-0.39, 0.29) is 23.3 Å². The average Bonchev–Trinajstić information content (AvgIpc) is 2.91. The van der Waals surface area contributed by atoms with Gasteiger partial charge in [-0.25, -0.2) is 8.42 Å². The van der Waals surface area contributed by atoms with Crippen molar-refractivity contribution in [2.45, 2.75) is 31.6 Å². The van der Waals surface area contributed by atoms with E-state index in [1.165, 1.54) is 34.1 Å². The van der Waals surface area contributed by atoms with E-state index < -0.39 is 10.0 Å². The highest BCUT2D eigenvalue weighted by Crippen LogP contribution is 2.35. The van der Waals surface area contributed by atoms with Gasteiger partial charge in [0.1, 0.15) is 5.75 Å². The summed E-state index contributed by atoms with van der Waals surface area (Å²) in [6, 6.07) is 21.1. The molecule has 0 saturated heterocycles. The smallest absolute Gasteiger partial charge is 0.265 e. The van der Waals surface area contributed by atoms with E-state index in [1.807, 2.05) is 18.2 Å². The van der Waals surface area contributed by atoms with Gasteiger partial charge >= 0.3 is 0 Å². The maximum absolute atomic E-state index is 12.9. The van der Waals surface area contributed by atoms with Crippen LogP contribution in [0.2, 0.25) is 0 Å². The van der Waals surface area contributed by atoms with E-state index in [0.29, 0.717) is 42.3 Å². The molecule has 1 heterocycles. The molecule has 1 aliphatic heterocycles. The molecule has 0 fully saturated rings. The van der Waals surface area contributed by atoms with Crippen molar-refractivity contribution in [2.24, 2.45) is 0 Å². The first kappa shape index (κ1) is 26.4. The summed E-state index contributed by atoms with van der Waals surface area (Å²) < 4.78 is 32.4. The predicted molar refractivity (Wildman–Crippen MR) is 144 cm³/mol. The van der Waals surface area contributed by atoms with Crippen molar-refractivity contribution >= 4 is 33.2 Å². The first-order valence-corrected chi connectivity index (χ1v) is 13.8. The maximum Gasteiger partial charge on any atom is 0.265 e. The van der Waals surface area contributed by atoms with Crippen LogP contribution in [0.1, 0.15) is 36.2 Å². The summed E-state index contributed by atoms with van der Waals surface area (Å²) in [5.74, 6) is 0.0720. The molecule has 0 saturated carbocycles. The summed E-state index contributed by atoms with van der Waals surface area (Å²) in [7, 11) is -3.60. The molecule has 0 spiro atoms. The first-order valence-electron chi connectivity index (χ1n) is 12.4. The van der Waals surface area contributed by atoms with E-state index in [0.717, 1.165) is 12.8 Å². The molecule has 0 radical (unpaired) electrons. The summed E-state index contributed by atoms with van der Waals surface area (Å²) in [4.78, 5) is 27.3. The molecule has 0 atom stereocenters. The van der Waals surface area contributed by atoms with Crippen LogP contribution in [0.4, 0.5) is 11.4 Å². The van der Waals surface area contributed by atoms with Crippen LogP contribution in [0, 0.1) is 0 Å². The van der Waals surface area contributed by atoms with Crippen LogP contribution < -0.4 is 15.0 Å². The van der Waals surface area contributed by atoms with E-state index in [1.54, 1.807) is 36.9 Å². The minimum Gasteiger partial charge on any atom is -0.482 e. The SMILES string of the molecule is CCN(CC)S(=O)(=O)c1ccc(C(=O)Nc2ccc3c(c2)N(CCCc2ccccc2)C(=O)CO3)cc1. The van der Waals surface area contributed by atoms with Gasteiger partial charge in [0.15, 0.2) is 6.61 Å². The number of nitrogens with one attached hydrogen (secondary N) is 1. The van der Waals surface area contributed by atoms with E-state index in [4.69, 9.17) is 4.74 Å². The monoisotopic (exact) mass is 521 g/mol. The Labute approximate surface area is 217 Å². The van der Waals surface area contributed by atoms with E-state index in [9.17, 15) is 18.0 Å². The number of aryl methyl sites for hydroxylation is 1. The Morgan fingerprint density at radius 3 is 2.38 bits per heavy atom. The van der Waals surface area contributed by atoms with Gasteiger partial charge in [-0.15, -0.1) is 0 Å². The summed E-state index contributed by atoms with van der Waals surface area (Å²) in [6.07, 6.45) is 1.63. The fourth-order valence-corrected chi connectivity index (χ4v) is 5.76. The van der Waals surface area contributed by atoms with Gasteiger partial charge in [0, 0.05) is 30.9 Å². The highest BCUT2D eigenvalue weighted by atomic mass is 32.2. The Hall–Kier alpha value is -3.69. The van der Waals surface area contributed by atoms with Gasteiger partial charge in [-0.3, -0.25) is 9.59 Å². The molecule has 3 aromatic rings. The number of carbonyl (C=O) groups is 2. The number of sulfonamides is 1. The van der Waals surface area contributed by atoms with Gasteiger partial charge in [0.2, 0.25) is 10.0 Å². The van der Waals surface area contributed by atoms with Gasteiger partial charge in [-0.1, -0.05) is 44.2 Å². The molecule has 37 heavy (non-hydrogen) atoms. The molecule has 4 rings (SSSR count). The van der Waals surface area contributed by atoms with E-state index >= 15 is 0 Å². The first-order chi connectivity index (χ1) is 17.8. The number of rotatable bonds is 10. The van der Waals surface area contributed by atoms with Crippen molar-refractivity contribution < 1.29 is 22.7 Å². The summed E-state index contributed by atoms with van der Waals surface area (Å²) in [5.41, 5.74) is 2.65. The van der Waals surface area contributed by atoms with Crippen LogP contribution in [0.3, 0.4) is 0 Å². The third-order valence-corrected chi connectivity index (χ3v) is 8.37. The van der Waals surface area contributed by atoms with Crippen LogP contribution in [-0.4, -0.2) is 50.8 Å². The molecule has 0 aliphatic carbocycles. The van der Waals surface area contributed by atoms with Crippen LogP contribution in [0.5, 0.6) is 5.75 Å². The zero-order valence-corrected chi connectivity index (χ0v) is 21.8. The quantitative estimate of drug-likeness (QED) is 0.429. The third kappa shape index (κ3) is 6.00. The molecular formula is C28H31N3O5S. The van der Waals surface area contributed by atoms with Crippen molar-refractivity contribution in [3.05, 3.63) is 83.9 Å². The fourth-order valence-electron chi connectivity index (χ4n) is 4.31. The number of amides is 2. The number of ether oxygens (including phenoxy) is 1. The molecule has 0 bridgehead atoms. The molecule has 3 aromatic carbocycles. The Kier molecular flexibility index (Phi) is 8.25. The van der Waals surface area contributed by atoms with Gasteiger partial charge in [0.25, 0.3) is 11.8 Å². The van der Waals surface area contributed by atoms with Crippen molar-refractivity contribution in [1.82, 2.24) is 4.31 Å². The summed E-state index contributed by atoms with van der Waals surface area (Å²) in [6.45, 7) is 4.81. The number of hydrogen-bond donors (Lipinski definition) is 1. The molecule has 9 heteroatoms. The molecule has 0 unspecified atom stereocenters. The Bertz CT molecular complexity index is 1350. The summed E-state index contributed by atoms with van der Waals surface area (Å²) >= 11 is 0. The Morgan fingerprint density at radius 2 is 1.70 bits per heavy atom. The highest BCUT2D eigenvalue weighted by Gasteiger charge is 2.26. The normalized spacial score (nSPS) is 13.3. The van der Waals surface area contributed by atoms with Gasteiger partial charge in [-0.05, 0) is 60.9 Å². The van der Waals surface area contributed by atoms with E-state index in [2.05, 4.69) is 17.4 Å². The number of anilines is 2. The fraction of sp³-hybridized carbons (Fsp3) is 0.286. The highest BCUT2D eigenvalue weighted by molar-refractivity contribution is 7.89. The largest absolute Gasteiger partial charge is 0.482 e. The molecule has 2 amide bonds. The van der Waals surface area contributed by atoms with Gasteiger partial charge in [-0.2, -0.15) is 4.31 Å². The molecule has 1 aliphatic rings. The molecule has 8 nitrogen and oxygen atoms in total. The zero-order valence-electron chi connectivity index (χ0n) is 21.0. The second kappa shape index (κ2) is 11.6. The number of fused-ring (bicyclic) bond motifs is 1. The number of carbonyl (C=O) groups excluding carboxylic acids is 2. The van der Waals surface area contributed by atoms with Crippen molar-refractivity contribution in [3.63, 3.8) is 0 Å². The lowest BCUT2D eigenvalue weighted by atomic mass is 10.1. The van der Waals surface area contributed by atoms with Crippen LogP contribution in [0.25, 0.3) is 0 Å². The summed E-state index contributed by atoms with van der Waals surface area (Å²) in [5, 5.41) is 2.84. The Balaban J connectivity index is 1.46. The maximum atomic E-state index is 12.9. The van der Waals surface area contributed by atoms with Crippen LogP contribution in [-0.2, 0) is 21.2 Å². The van der Waals surface area contributed by atoms with Gasteiger partial charge < -0.3 is 15.0 Å². The lowest BCUT2D eigenvalue weighted by molar-refractivity contribution is -0.121. The topological polar surface area (TPSA) is 96.0 Å². The molecule has 1 N–H and O–H groups in total. The van der Waals surface area contributed by atoms with Crippen molar-refractivity contribution in [1.29, 1.82) is 0 Å². The third-order valence-electron chi connectivity index (χ3n) is 6.31. The van der Waals surface area contributed by atoms with Crippen molar-refractivity contribution in [2.75, 3.05) is 36.5 Å². The Morgan fingerprint density at radius 1 is 1.00 bits per heavy atom. The van der Waals surface area contributed by atoms with Crippen LogP contribution in [0.15, 0.2) is 77.7 Å². The average molecular weight is 522 g/mol. The lowest BCUT2D eigenvalue weighted by Gasteiger charge is -2.30. The minimum absolute atomic E-state index is 0.0210. The molecule has 194 valence electrons. The van der Waals surface area contributed by atoms with Crippen LogP contribution >= 0.6 is 0 Å². The number of nitrogens with zero attached hydrogens (tertiary/aromatic N) is 2. The standard InChI is InChI=1S/C28H31N3O5S/c1-3-30(4-2)37(34,35)24-15-12-22(13-16-24)28(33)29-23-14-17-26-25(19-23)31(27(32)20-36-26)18-8-11-21-9-6-5-7-10-21/h5-7,9-10,12-17,19H,3-4,8,11,18,20H2,1-2H3,(H,29,33). The zero-order chi connectivity index (χ0) is 26.4. The number of hydrogen-bond acceptors (Lipinski definition) is 5. The lowest BCUT2D eigenvalue weighted by Crippen LogP contribution is -2.39. The van der Waals surface area contributed by atoms with Gasteiger partial charge in [0.05, 0.1) is 10.6 Å². The second-order valence-corrected chi connectivity index (χ2v) is 10.6. The minimum atomic E-state index is -3.60. The molecular weight excluding hydrogens is 490 g/mol. The molecule has 0 aromatic heterocycles. The number of benzene rings is 3. The second-order valence-electron chi connectivity index (χ2n) is 8.67.